The zero-order chi connectivity index (χ0) is 18.1. The van der Waals surface area contributed by atoms with Gasteiger partial charge in [-0.2, -0.15) is 5.10 Å². The fourth-order valence-electron chi connectivity index (χ4n) is 3.07. The fraction of sp³-hybridized carbons (Fsp3) is 0.412. The molecule has 8 nitrogen and oxygen atoms in total. The quantitative estimate of drug-likeness (QED) is 0.457. The van der Waals surface area contributed by atoms with Crippen molar-refractivity contribution in [3.63, 3.8) is 0 Å². The van der Waals surface area contributed by atoms with Crippen LogP contribution in [0.2, 0.25) is 0 Å². The Morgan fingerprint density at radius 3 is 2.69 bits per heavy atom. The average molecular weight is 370 g/mol. The molecular weight excluding hydrogens is 351 g/mol. The SMILES string of the molecule is C[C@H]1[C@H]([C@H](O)[C@H](O)CO)OC(C(=O)[O-])=C[C@@H]1n1cc2ccccc2n1.[Na+]. The van der Waals surface area contributed by atoms with Gasteiger partial charge in [0.05, 0.1) is 18.2 Å². The van der Waals surface area contributed by atoms with E-state index in [9.17, 15) is 20.1 Å². The van der Waals surface area contributed by atoms with Crippen molar-refractivity contribution in [2.75, 3.05) is 6.61 Å². The fourth-order valence-corrected chi connectivity index (χ4v) is 3.07. The molecule has 5 atom stereocenters. The number of aliphatic hydroxyl groups is 3. The van der Waals surface area contributed by atoms with Gasteiger partial charge in [-0.25, -0.2) is 0 Å². The van der Waals surface area contributed by atoms with Gasteiger partial charge in [-0.15, -0.1) is 0 Å². The molecule has 0 aliphatic carbocycles. The van der Waals surface area contributed by atoms with Crippen LogP contribution in [0.15, 0.2) is 42.3 Å². The first-order chi connectivity index (χ1) is 11.9. The van der Waals surface area contributed by atoms with Crippen molar-refractivity contribution in [1.82, 2.24) is 9.78 Å². The Balaban J connectivity index is 0.00000243. The molecule has 1 aliphatic heterocycles. The van der Waals surface area contributed by atoms with Gasteiger partial charge in [0.25, 0.3) is 0 Å². The number of nitrogens with zero attached hydrogens (tertiary/aromatic N) is 2. The monoisotopic (exact) mass is 370 g/mol. The molecule has 0 saturated heterocycles. The molecule has 2 heterocycles. The van der Waals surface area contributed by atoms with E-state index in [0.717, 1.165) is 10.9 Å². The molecule has 1 aliphatic rings. The summed E-state index contributed by atoms with van der Waals surface area (Å²) in [6.07, 6.45) is -0.809. The van der Waals surface area contributed by atoms with E-state index in [1.54, 1.807) is 17.8 Å². The van der Waals surface area contributed by atoms with Crippen molar-refractivity contribution in [2.24, 2.45) is 5.92 Å². The molecule has 2 aromatic rings. The molecule has 3 rings (SSSR count). The Morgan fingerprint density at radius 2 is 2.08 bits per heavy atom. The van der Waals surface area contributed by atoms with E-state index in [1.807, 2.05) is 24.3 Å². The number of hydrogen-bond donors (Lipinski definition) is 3. The van der Waals surface area contributed by atoms with Gasteiger partial charge in [0.2, 0.25) is 0 Å². The van der Waals surface area contributed by atoms with Crippen molar-refractivity contribution < 1.29 is 59.5 Å². The number of allylic oxidation sites excluding steroid dienone is 1. The van der Waals surface area contributed by atoms with Crippen LogP contribution in [0.1, 0.15) is 13.0 Å². The van der Waals surface area contributed by atoms with E-state index in [0.29, 0.717) is 0 Å². The minimum atomic E-state index is -1.52. The average Bonchev–Trinajstić information content (AvgIpc) is 3.04. The Hall–Kier alpha value is -1.42. The van der Waals surface area contributed by atoms with Crippen molar-refractivity contribution in [3.8, 4) is 0 Å². The second-order valence-electron chi connectivity index (χ2n) is 6.16. The molecule has 1 aromatic carbocycles. The third-order valence-corrected chi connectivity index (χ3v) is 4.50. The Labute approximate surface area is 172 Å². The standard InChI is InChI=1S/C17H20N2O6.Na/c1-9-12(19-7-10-4-2-3-5-11(10)18-19)6-14(17(23)24)25-16(9)15(22)13(21)8-20;/h2-7,9,12-13,15-16,20-22H,8H2,1H3,(H,23,24);/q;+1/p-1/t9-,12+,13-,15-,16-;/m1./s1. The van der Waals surface area contributed by atoms with E-state index >= 15 is 0 Å². The Kier molecular flexibility index (Phi) is 6.84. The van der Waals surface area contributed by atoms with Crippen LogP contribution in [0.3, 0.4) is 0 Å². The number of carbonyl (C=O) groups excluding carboxylic acids is 1. The maximum atomic E-state index is 11.3. The molecule has 26 heavy (non-hydrogen) atoms. The smallest absolute Gasteiger partial charge is 0.542 e. The Bertz CT molecular complexity index is 774. The summed E-state index contributed by atoms with van der Waals surface area (Å²) in [6, 6.07) is 6.91. The van der Waals surface area contributed by atoms with Crippen molar-refractivity contribution in [2.45, 2.75) is 31.3 Å². The molecule has 0 amide bonds. The number of benzene rings is 1. The summed E-state index contributed by atoms with van der Waals surface area (Å²) in [6.45, 7) is 1.08. The summed E-state index contributed by atoms with van der Waals surface area (Å²) >= 11 is 0. The molecule has 0 spiro atoms. The van der Waals surface area contributed by atoms with Gasteiger partial charge >= 0.3 is 29.6 Å². The van der Waals surface area contributed by atoms with Crippen LogP contribution in [-0.2, 0) is 9.53 Å². The number of hydrogen-bond acceptors (Lipinski definition) is 7. The number of aliphatic hydroxyl groups excluding tert-OH is 3. The van der Waals surface area contributed by atoms with Gasteiger partial charge in [-0.3, -0.25) is 4.68 Å². The molecule has 0 fully saturated rings. The summed E-state index contributed by atoms with van der Waals surface area (Å²) in [5.74, 6) is -2.38. The van der Waals surface area contributed by atoms with E-state index in [1.165, 1.54) is 6.08 Å². The number of carboxylic acids is 1. The molecular formula is C17H19N2NaO6. The third-order valence-electron chi connectivity index (χ3n) is 4.50. The normalized spacial score (nSPS) is 24.9. The molecule has 1 aromatic heterocycles. The predicted molar refractivity (Wildman–Crippen MR) is 85.0 cm³/mol. The second-order valence-corrected chi connectivity index (χ2v) is 6.16. The molecule has 3 N–H and O–H groups in total. The van der Waals surface area contributed by atoms with E-state index in [4.69, 9.17) is 9.84 Å². The van der Waals surface area contributed by atoms with Crippen LogP contribution in [0.4, 0.5) is 0 Å². The van der Waals surface area contributed by atoms with Gasteiger partial charge in [-0.05, 0) is 12.1 Å². The van der Waals surface area contributed by atoms with Crippen molar-refractivity contribution in [1.29, 1.82) is 0 Å². The van der Waals surface area contributed by atoms with Crippen molar-refractivity contribution >= 4 is 16.9 Å². The molecule has 9 heteroatoms. The number of carbonyl (C=O) groups is 1. The van der Waals surface area contributed by atoms with Gasteiger partial charge in [-0.1, -0.05) is 25.1 Å². The van der Waals surface area contributed by atoms with Gasteiger partial charge in [0.15, 0.2) is 0 Å². The second kappa shape index (κ2) is 8.51. The van der Waals surface area contributed by atoms with Gasteiger partial charge in [0, 0.05) is 17.5 Å². The first-order valence-corrected chi connectivity index (χ1v) is 7.93. The number of rotatable bonds is 5. The summed E-state index contributed by atoms with van der Waals surface area (Å²) < 4.78 is 6.91. The first kappa shape index (κ1) is 20.9. The molecule has 134 valence electrons. The number of aromatic nitrogens is 2. The minimum absolute atomic E-state index is 0. The first-order valence-electron chi connectivity index (χ1n) is 7.93. The van der Waals surface area contributed by atoms with Crippen LogP contribution in [0.5, 0.6) is 0 Å². The molecule has 0 unspecified atom stereocenters. The third kappa shape index (κ3) is 3.95. The zero-order valence-electron chi connectivity index (χ0n) is 14.5. The number of aliphatic carboxylic acids is 1. The van der Waals surface area contributed by atoms with Crippen LogP contribution >= 0.6 is 0 Å². The number of ether oxygens (including phenoxy) is 1. The van der Waals surface area contributed by atoms with Gasteiger partial charge in [0.1, 0.15) is 30.0 Å². The van der Waals surface area contributed by atoms with E-state index in [-0.39, 0.29) is 29.6 Å². The summed E-state index contributed by atoms with van der Waals surface area (Å²) in [5, 5.41) is 45.6. The molecule has 0 saturated carbocycles. The van der Waals surface area contributed by atoms with Crippen LogP contribution in [0, 0.1) is 5.92 Å². The largest absolute Gasteiger partial charge is 1.00 e. The number of fused-ring (bicyclic) bond motifs is 1. The summed E-state index contributed by atoms with van der Waals surface area (Å²) in [7, 11) is 0. The van der Waals surface area contributed by atoms with E-state index < -0.39 is 48.6 Å². The van der Waals surface area contributed by atoms with Crippen LogP contribution < -0.4 is 34.7 Å². The Morgan fingerprint density at radius 1 is 1.38 bits per heavy atom. The summed E-state index contributed by atoms with van der Waals surface area (Å²) in [5.41, 5.74) is 0.747. The van der Waals surface area contributed by atoms with Gasteiger partial charge < -0.3 is 30.0 Å². The predicted octanol–water partition coefficient (Wildman–Crippen LogP) is -4.04. The molecule has 0 bridgehead atoms. The topological polar surface area (TPSA) is 128 Å². The molecule has 0 radical (unpaired) electrons. The maximum absolute atomic E-state index is 11.3. The van der Waals surface area contributed by atoms with Crippen LogP contribution in [-0.4, -0.2) is 56.0 Å². The van der Waals surface area contributed by atoms with Crippen LogP contribution in [0.25, 0.3) is 10.9 Å². The zero-order valence-corrected chi connectivity index (χ0v) is 16.5. The number of carboxylic acid groups (broad SMARTS) is 1. The van der Waals surface area contributed by atoms with Crippen molar-refractivity contribution in [3.05, 3.63) is 42.3 Å². The van der Waals surface area contributed by atoms with E-state index in [2.05, 4.69) is 5.10 Å². The minimum Gasteiger partial charge on any atom is -0.542 e. The summed E-state index contributed by atoms with van der Waals surface area (Å²) in [4.78, 5) is 11.3. The maximum Gasteiger partial charge on any atom is 1.00 e.